The molecule has 3 aromatic carbocycles. The first kappa shape index (κ1) is 32.4. The van der Waals surface area contributed by atoms with Crippen LogP contribution < -0.4 is 19.5 Å². The topological polar surface area (TPSA) is 122 Å². The lowest BCUT2D eigenvalue weighted by molar-refractivity contribution is -0.157. The SMILES string of the molecule is COC(=O)[C@@H]1COC/C=C\C[C@H](NC(=O)OCC2c3ccccc3-c3ccccc32)C(=O)N1Cc1c(OC)cc(OC)cc1OC. The van der Waals surface area contributed by atoms with E-state index in [2.05, 4.69) is 17.4 Å². The Kier molecular flexibility index (Phi) is 10.4. The standard InChI is InChI=1S/C35H38N2O9/c1-41-22-17-31(42-2)27(32(18-22)43-3)19-37-30(34(39)44-4)21-45-16-10-9-15-29(33(37)38)36-35(40)46-20-28-25-13-7-5-11-23(25)24-12-6-8-14-26(24)28/h5-14,17-18,28-30H,15-16,19-21H2,1-4H3,(H,36,40)/b10-9-/t29-,30-/m0/s1. The number of nitrogens with one attached hydrogen (secondary N) is 1. The van der Waals surface area contributed by atoms with Crippen LogP contribution in [0.5, 0.6) is 17.2 Å². The van der Waals surface area contributed by atoms with Crippen LogP contribution in [0.2, 0.25) is 0 Å². The lowest BCUT2D eigenvalue weighted by atomic mass is 9.98. The molecule has 1 heterocycles. The molecule has 0 spiro atoms. The second-order valence-electron chi connectivity index (χ2n) is 10.8. The van der Waals surface area contributed by atoms with Crippen molar-refractivity contribution in [2.75, 3.05) is 48.3 Å². The first-order chi connectivity index (χ1) is 22.4. The second kappa shape index (κ2) is 14.8. The molecule has 2 atom stereocenters. The molecule has 5 rings (SSSR count). The van der Waals surface area contributed by atoms with Crippen LogP contribution in [0.3, 0.4) is 0 Å². The minimum absolute atomic E-state index is 0.0825. The van der Waals surface area contributed by atoms with E-state index in [4.69, 9.17) is 28.4 Å². The third kappa shape index (κ3) is 6.79. The Morgan fingerprint density at radius 2 is 1.52 bits per heavy atom. The number of alkyl carbamates (subject to hydrolysis) is 1. The Balaban J connectivity index is 1.41. The fourth-order valence-corrected chi connectivity index (χ4v) is 5.92. The minimum atomic E-state index is -1.13. The summed E-state index contributed by atoms with van der Waals surface area (Å²) in [6, 6.07) is 17.2. The zero-order valence-corrected chi connectivity index (χ0v) is 26.3. The molecule has 11 heteroatoms. The van der Waals surface area contributed by atoms with Crippen LogP contribution in [0, 0.1) is 0 Å². The third-order valence-corrected chi connectivity index (χ3v) is 8.24. The van der Waals surface area contributed by atoms with Gasteiger partial charge in [-0.15, -0.1) is 0 Å². The van der Waals surface area contributed by atoms with Gasteiger partial charge in [0.15, 0.2) is 6.04 Å². The molecule has 0 saturated heterocycles. The smallest absolute Gasteiger partial charge is 0.407 e. The van der Waals surface area contributed by atoms with Crippen LogP contribution in [0.25, 0.3) is 11.1 Å². The number of hydrogen-bond donors (Lipinski definition) is 1. The predicted molar refractivity (Wildman–Crippen MR) is 169 cm³/mol. The maximum Gasteiger partial charge on any atom is 0.407 e. The summed E-state index contributed by atoms with van der Waals surface area (Å²) in [4.78, 5) is 42.0. The number of carbonyl (C=O) groups excluding carboxylic acids is 3. The maximum absolute atomic E-state index is 14.3. The van der Waals surface area contributed by atoms with E-state index in [-0.39, 0.29) is 38.7 Å². The van der Waals surface area contributed by atoms with Crippen LogP contribution in [0.1, 0.15) is 29.0 Å². The molecular weight excluding hydrogens is 592 g/mol. The highest BCUT2D eigenvalue weighted by molar-refractivity contribution is 5.90. The molecule has 0 unspecified atom stereocenters. The van der Waals surface area contributed by atoms with Crippen molar-refractivity contribution in [3.05, 3.63) is 89.5 Å². The number of methoxy groups -OCH3 is 4. The molecule has 11 nitrogen and oxygen atoms in total. The molecule has 1 aliphatic heterocycles. The molecular formula is C35H38N2O9. The van der Waals surface area contributed by atoms with E-state index in [1.807, 2.05) is 36.4 Å². The molecule has 0 radical (unpaired) electrons. The van der Waals surface area contributed by atoms with E-state index >= 15 is 0 Å². The fraction of sp³-hybridized carbons (Fsp3) is 0.343. The lowest BCUT2D eigenvalue weighted by Gasteiger charge is -2.34. The van der Waals surface area contributed by atoms with Crippen molar-refractivity contribution < 1.29 is 42.8 Å². The van der Waals surface area contributed by atoms with Gasteiger partial charge in [0.1, 0.15) is 29.9 Å². The summed E-state index contributed by atoms with van der Waals surface area (Å²) in [6.07, 6.45) is 2.86. The van der Waals surface area contributed by atoms with E-state index in [0.29, 0.717) is 22.8 Å². The van der Waals surface area contributed by atoms with Gasteiger partial charge < -0.3 is 38.6 Å². The average molecular weight is 631 g/mol. The number of benzene rings is 3. The first-order valence-corrected chi connectivity index (χ1v) is 14.9. The third-order valence-electron chi connectivity index (χ3n) is 8.24. The van der Waals surface area contributed by atoms with Crippen LogP contribution in [-0.2, 0) is 30.3 Å². The zero-order chi connectivity index (χ0) is 32.6. The lowest BCUT2D eigenvalue weighted by Crippen LogP contribution is -2.55. The molecule has 0 fully saturated rings. The van der Waals surface area contributed by atoms with Crippen molar-refractivity contribution in [2.24, 2.45) is 0 Å². The van der Waals surface area contributed by atoms with Crippen molar-refractivity contribution in [1.29, 1.82) is 0 Å². The number of carbonyl (C=O) groups is 3. The van der Waals surface area contributed by atoms with Crippen molar-refractivity contribution in [1.82, 2.24) is 10.2 Å². The molecule has 1 N–H and O–H groups in total. The summed E-state index contributed by atoms with van der Waals surface area (Å²) in [5, 5.41) is 2.75. The van der Waals surface area contributed by atoms with Crippen molar-refractivity contribution in [3.63, 3.8) is 0 Å². The van der Waals surface area contributed by atoms with Gasteiger partial charge in [-0.05, 0) is 28.7 Å². The maximum atomic E-state index is 14.3. The summed E-state index contributed by atoms with van der Waals surface area (Å²) in [7, 11) is 5.72. The Morgan fingerprint density at radius 1 is 0.891 bits per heavy atom. The molecule has 3 aromatic rings. The Bertz CT molecular complexity index is 1530. The monoisotopic (exact) mass is 630 g/mol. The van der Waals surface area contributed by atoms with Gasteiger partial charge in [0.25, 0.3) is 0 Å². The van der Waals surface area contributed by atoms with Gasteiger partial charge in [-0.3, -0.25) is 4.79 Å². The molecule has 2 amide bonds. The van der Waals surface area contributed by atoms with Crippen molar-refractivity contribution in [2.45, 2.75) is 31.0 Å². The van der Waals surface area contributed by atoms with E-state index in [1.54, 1.807) is 24.3 Å². The van der Waals surface area contributed by atoms with Gasteiger partial charge in [-0.1, -0.05) is 60.7 Å². The van der Waals surface area contributed by atoms with E-state index < -0.39 is 30.1 Å². The number of amides is 2. The number of hydrogen-bond acceptors (Lipinski definition) is 9. The molecule has 2 aliphatic rings. The molecule has 0 aromatic heterocycles. The highest BCUT2D eigenvalue weighted by Crippen LogP contribution is 2.44. The van der Waals surface area contributed by atoms with Gasteiger partial charge in [-0.2, -0.15) is 0 Å². The molecule has 1 aliphatic carbocycles. The van der Waals surface area contributed by atoms with E-state index in [0.717, 1.165) is 22.3 Å². The largest absolute Gasteiger partial charge is 0.496 e. The molecule has 46 heavy (non-hydrogen) atoms. The van der Waals surface area contributed by atoms with E-state index in [1.165, 1.54) is 33.3 Å². The molecule has 242 valence electrons. The molecule has 0 saturated carbocycles. The summed E-state index contributed by atoms with van der Waals surface area (Å²) in [5.41, 5.74) is 4.85. The van der Waals surface area contributed by atoms with Crippen LogP contribution >= 0.6 is 0 Å². The van der Waals surface area contributed by atoms with Crippen molar-refractivity contribution in [3.8, 4) is 28.4 Å². The van der Waals surface area contributed by atoms with Gasteiger partial charge in [0, 0.05) is 18.1 Å². The Hall–Kier alpha value is -5.03. The summed E-state index contributed by atoms with van der Waals surface area (Å²) < 4.78 is 33.1. The molecule has 0 bridgehead atoms. The number of fused-ring (bicyclic) bond motifs is 3. The van der Waals surface area contributed by atoms with Gasteiger partial charge >= 0.3 is 12.1 Å². The predicted octanol–water partition coefficient (Wildman–Crippen LogP) is 4.47. The minimum Gasteiger partial charge on any atom is -0.496 e. The average Bonchev–Trinajstić information content (AvgIpc) is 3.41. The van der Waals surface area contributed by atoms with Crippen molar-refractivity contribution >= 4 is 18.0 Å². The first-order valence-electron chi connectivity index (χ1n) is 14.9. The van der Waals surface area contributed by atoms with Crippen LogP contribution in [0.15, 0.2) is 72.8 Å². The number of esters is 1. The zero-order valence-electron chi connectivity index (χ0n) is 26.3. The van der Waals surface area contributed by atoms with Gasteiger partial charge in [0.2, 0.25) is 5.91 Å². The number of nitrogens with zero attached hydrogens (tertiary/aromatic N) is 1. The van der Waals surface area contributed by atoms with Crippen LogP contribution in [-0.4, -0.2) is 83.2 Å². The highest BCUT2D eigenvalue weighted by atomic mass is 16.6. The highest BCUT2D eigenvalue weighted by Gasteiger charge is 2.37. The van der Waals surface area contributed by atoms with Gasteiger partial charge in [-0.25, -0.2) is 9.59 Å². The Labute approximate surface area is 268 Å². The quantitative estimate of drug-likeness (QED) is 0.270. The Morgan fingerprint density at radius 3 is 2.11 bits per heavy atom. The summed E-state index contributed by atoms with van der Waals surface area (Å²) >= 11 is 0. The number of ether oxygens (including phenoxy) is 6. The normalized spacial score (nSPS) is 18.5. The summed E-state index contributed by atoms with van der Waals surface area (Å²) in [6.45, 7) is 0.0215. The number of rotatable bonds is 9. The second-order valence-corrected chi connectivity index (χ2v) is 10.8. The van der Waals surface area contributed by atoms with Gasteiger partial charge in [0.05, 0.1) is 53.8 Å². The van der Waals surface area contributed by atoms with E-state index in [9.17, 15) is 14.4 Å². The van der Waals surface area contributed by atoms with Crippen LogP contribution in [0.4, 0.5) is 4.79 Å². The fourth-order valence-electron chi connectivity index (χ4n) is 5.92. The summed E-state index contributed by atoms with van der Waals surface area (Å²) in [5.74, 6) is -0.121.